The number of unbranched alkanes of at least 4 members (excludes halogenated alkanes) is 2. The second-order valence-electron chi connectivity index (χ2n) is 3.72. The summed E-state index contributed by atoms with van der Waals surface area (Å²) in [7, 11) is 0. The Morgan fingerprint density at radius 2 is 2.17 bits per heavy atom. The van der Waals surface area contributed by atoms with Crippen molar-refractivity contribution in [2.45, 2.75) is 33.1 Å². The van der Waals surface area contributed by atoms with Crippen molar-refractivity contribution in [3.63, 3.8) is 0 Å². The number of hydrogen-bond acceptors (Lipinski definition) is 5. The number of ether oxygens (including phenoxy) is 1. The van der Waals surface area contributed by atoms with Crippen LogP contribution in [-0.2, 0) is 4.74 Å². The van der Waals surface area contributed by atoms with E-state index >= 15 is 0 Å². The van der Waals surface area contributed by atoms with Gasteiger partial charge < -0.3 is 10.1 Å². The van der Waals surface area contributed by atoms with Gasteiger partial charge >= 0.3 is 5.97 Å². The Bertz CT molecular complexity index is 404. The van der Waals surface area contributed by atoms with Crippen molar-refractivity contribution in [3.05, 3.63) is 16.1 Å². The first-order valence-electron chi connectivity index (χ1n) is 6.09. The predicted molar refractivity (Wildman–Crippen MR) is 69.9 cm³/mol. The van der Waals surface area contributed by atoms with Crippen LogP contribution in [0, 0.1) is 0 Å². The van der Waals surface area contributed by atoms with E-state index in [4.69, 9.17) is 4.74 Å². The summed E-state index contributed by atoms with van der Waals surface area (Å²) in [6.45, 7) is 4.77. The number of thiazole rings is 1. The minimum Gasteiger partial charge on any atom is -0.461 e. The first-order valence-corrected chi connectivity index (χ1v) is 6.97. The normalized spacial score (nSPS) is 10.1. The van der Waals surface area contributed by atoms with Crippen LogP contribution in [0.4, 0.5) is 0 Å². The van der Waals surface area contributed by atoms with Crippen molar-refractivity contribution in [3.8, 4) is 0 Å². The van der Waals surface area contributed by atoms with Gasteiger partial charge in [-0.2, -0.15) is 0 Å². The molecular weight excluding hydrogens is 252 g/mol. The van der Waals surface area contributed by atoms with Gasteiger partial charge in [0.15, 0.2) is 0 Å². The highest BCUT2D eigenvalue weighted by molar-refractivity contribution is 7.11. The summed E-state index contributed by atoms with van der Waals surface area (Å²) in [5.74, 6) is -0.717. The summed E-state index contributed by atoms with van der Waals surface area (Å²) in [5.41, 5.74) is 0.277. The van der Waals surface area contributed by atoms with Gasteiger partial charge in [0.2, 0.25) is 5.01 Å². The van der Waals surface area contributed by atoms with E-state index in [1.807, 2.05) is 0 Å². The summed E-state index contributed by atoms with van der Waals surface area (Å²) in [6, 6.07) is 0. The third kappa shape index (κ3) is 4.44. The number of carbonyl (C=O) groups excluding carboxylic acids is 2. The SMILES string of the molecule is CCCCCNC(=O)c1csc(C(=O)OCC)n1. The van der Waals surface area contributed by atoms with Gasteiger partial charge in [-0.15, -0.1) is 11.3 Å². The molecule has 1 N–H and O–H groups in total. The zero-order valence-electron chi connectivity index (χ0n) is 10.7. The summed E-state index contributed by atoms with van der Waals surface area (Å²) >= 11 is 1.12. The van der Waals surface area contributed by atoms with Crippen LogP contribution in [0.3, 0.4) is 0 Å². The van der Waals surface area contributed by atoms with Crippen LogP contribution in [0.1, 0.15) is 53.4 Å². The summed E-state index contributed by atoms with van der Waals surface area (Å²) < 4.78 is 4.81. The second kappa shape index (κ2) is 7.81. The molecule has 0 aliphatic rings. The van der Waals surface area contributed by atoms with E-state index in [2.05, 4.69) is 17.2 Å². The number of nitrogens with zero attached hydrogens (tertiary/aromatic N) is 1. The van der Waals surface area contributed by atoms with Gasteiger partial charge in [-0.25, -0.2) is 9.78 Å². The van der Waals surface area contributed by atoms with Gasteiger partial charge in [0.1, 0.15) is 5.69 Å². The second-order valence-corrected chi connectivity index (χ2v) is 4.58. The molecular formula is C12H18N2O3S. The monoisotopic (exact) mass is 270 g/mol. The molecule has 18 heavy (non-hydrogen) atoms. The molecule has 0 fully saturated rings. The highest BCUT2D eigenvalue weighted by Crippen LogP contribution is 2.11. The van der Waals surface area contributed by atoms with Gasteiger partial charge in [0.25, 0.3) is 5.91 Å². The Morgan fingerprint density at radius 1 is 1.39 bits per heavy atom. The molecule has 5 nitrogen and oxygen atoms in total. The standard InChI is InChI=1S/C12H18N2O3S/c1-3-5-6-7-13-10(15)9-8-18-11(14-9)12(16)17-4-2/h8H,3-7H2,1-2H3,(H,13,15). The molecule has 0 atom stereocenters. The highest BCUT2D eigenvalue weighted by atomic mass is 32.1. The lowest BCUT2D eigenvalue weighted by molar-refractivity contribution is 0.0526. The lowest BCUT2D eigenvalue weighted by Gasteiger charge is -2.01. The predicted octanol–water partition coefficient (Wildman–Crippen LogP) is 2.24. The zero-order chi connectivity index (χ0) is 13.4. The Kier molecular flexibility index (Phi) is 6.35. The van der Waals surface area contributed by atoms with E-state index in [1.54, 1.807) is 12.3 Å². The maximum Gasteiger partial charge on any atom is 0.367 e. The van der Waals surface area contributed by atoms with Crippen LogP contribution in [0.2, 0.25) is 0 Å². The molecule has 1 heterocycles. The van der Waals surface area contributed by atoms with E-state index < -0.39 is 5.97 Å². The molecule has 0 bridgehead atoms. The Hall–Kier alpha value is -1.43. The minimum atomic E-state index is -0.479. The Balaban J connectivity index is 2.46. The Labute approximate surface area is 111 Å². The molecule has 0 spiro atoms. The molecule has 1 aromatic heterocycles. The fraction of sp³-hybridized carbons (Fsp3) is 0.583. The van der Waals surface area contributed by atoms with E-state index in [1.165, 1.54) is 0 Å². The molecule has 100 valence electrons. The quantitative estimate of drug-likeness (QED) is 0.609. The largest absolute Gasteiger partial charge is 0.461 e. The number of esters is 1. The van der Waals surface area contributed by atoms with Gasteiger partial charge in [-0.1, -0.05) is 19.8 Å². The number of hydrogen-bond donors (Lipinski definition) is 1. The number of nitrogens with one attached hydrogen (secondary N) is 1. The number of rotatable bonds is 7. The fourth-order valence-electron chi connectivity index (χ4n) is 1.33. The van der Waals surface area contributed by atoms with E-state index in [-0.39, 0.29) is 16.6 Å². The molecule has 0 aliphatic heterocycles. The lowest BCUT2D eigenvalue weighted by Crippen LogP contribution is -2.24. The maximum absolute atomic E-state index is 11.7. The molecule has 0 aliphatic carbocycles. The third-order valence-electron chi connectivity index (χ3n) is 2.25. The van der Waals surface area contributed by atoms with Crippen LogP contribution in [-0.4, -0.2) is 30.0 Å². The topological polar surface area (TPSA) is 68.3 Å². The summed E-state index contributed by atoms with van der Waals surface area (Å²) in [4.78, 5) is 27.0. The molecule has 1 rings (SSSR count). The number of aromatic nitrogens is 1. The van der Waals surface area contributed by atoms with Crippen molar-refractivity contribution in [2.24, 2.45) is 0 Å². The lowest BCUT2D eigenvalue weighted by atomic mass is 10.2. The first kappa shape index (κ1) is 14.6. The summed E-state index contributed by atoms with van der Waals surface area (Å²) in [6.07, 6.45) is 3.15. The van der Waals surface area contributed by atoms with Gasteiger partial charge in [-0.3, -0.25) is 4.79 Å². The van der Waals surface area contributed by atoms with Crippen molar-refractivity contribution in [1.82, 2.24) is 10.3 Å². The van der Waals surface area contributed by atoms with Crippen LogP contribution < -0.4 is 5.32 Å². The van der Waals surface area contributed by atoms with Crippen molar-refractivity contribution in [1.29, 1.82) is 0 Å². The van der Waals surface area contributed by atoms with Crippen molar-refractivity contribution < 1.29 is 14.3 Å². The van der Waals surface area contributed by atoms with Gasteiger partial charge in [-0.05, 0) is 13.3 Å². The maximum atomic E-state index is 11.7. The van der Waals surface area contributed by atoms with Crippen molar-refractivity contribution >= 4 is 23.2 Å². The molecule has 0 aromatic carbocycles. The number of amides is 1. The fourth-order valence-corrected chi connectivity index (χ4v) is 2.02. The minimum absolute atomic E-state index is 0.218. The average molecular weight is 270 g/mol. The number of carbonyl (C=O) groups is 2. The van der Waals surface area contributed by atoms with Crippen LogP contribution in [0.25, 0.3) is 0 Å². The van der Waals surface area contributed by atoms with Gasteiger partial charge in [0.05, 0.1) is 6.61 Å². The molecule has 0 saturated heterocycles. The average Bonchev–Trinajstić information content (AvgIpc) is 2.84. The molecule has 0 saturated carbocycles. The molecule has 6 heteroatoms. The van der Waals surface area contributed by atoms with Crippen molar-refractivity contribution in [2.75, 3.05) is 13.2 Å². The highest BCUT2D eigenvalue weighted by Gasteiger charge is 2.15. The molecule has 0 radical (unpaired) electrons. The van der Waals surface area contributed by atoms with E-state index in [9.17, 15) is 9.59 Å². The van der Waals surface area contributed by atoms with Gasteiger partial charge in [0, 0.05) is 11.9 Å². The van der Waals surface area contributed by atoms with Crippen LogP contribution in [0.15, 0.2) is 5.38 Å². The van der Waals surface area contributed by atoms with E-state index in [0.29, 0.717) is 13.2 Å². The van der Waals surface area contributed by atoms with Crippen LogP contribution >= 0.6 is 11.3 Å². The smallest absolute Gasteiger partial charge is 0.367 e. The Morgan fingerprint density at radius 3 is 2.83 bits per heavy atom. The molecule has 1 aromatic rings. The molecule has 1 amide bonds. The first-order chi connectivity index (χ1) is 8.69. The van der Waals surface area contributed by atoms with E-state index in [0.717, 1.165) is 30.6 Å². The van der Waals surface area contributed by atoms with Crippen LogP contribution in [0.5, 0.6) is 0 Å². The molecule has 0 unspecified atom stereocenters. The zero-order valence-corrected chi connectivity index (χ0v) is 11.5. The third-order valence-corrected chi connectivity index (χ3v) is 3.08. The summed E-state index contributed by atoms with van der Waals surface area (Å²) in [5, 5.41) is 4.56.